The molecule has 2 atom stereocenters. The standard InChI is InChI=1S/C24H32N4O3S/c25-16-24(32(31)27-17-23(30)18-29)14-19-5-6-21-15-22(8-7-20(21)13-19)26-9-12-28-10-3-1-2-4-11-28/h5-8,13-15,23,26-27,29-30H,1-4,9-12,17-18H2/b24-14+. The van der Waals surface area contributed by atoms with Crippen LogP contribution in [-0.4, -0.2) is 65.1 Å². The molecule has 172 valence electrons. The van der Waals surface area contributed by atoms with Gasteiger partial charge in [-0.15, -0.1) is 4.72 Å². The molecule has 3 rings (SSSR count). The fourth-order valence-electron chi connectivity index (χ4n) is 3.77. The maximum atomic E-state index is 12.2. The molecule has 0 aromatic heterocycles. The third kappa shape index (κ3) is 7.48. The van der Waals surface area contributed by atoms with E-state index in [2.05, 4.69) is 27.1 Å². The van der Waals surface area contributed by atoms with Gasteiger partial charge in [0.15, 0.2) is 6.07 Å². The normalized spacial score (nSPS) is 17.5. The number of hydrogen-bond acceptors (Lipinski definition) is 7. The molecule has 2 aromatic carbocycles. The lowest BCUT2D eigenvalue weighted by molar-refractivity contribution is 0.0989. The molecule has 1 aliphatic heterocycles. The van der Waals surface area contributed by atoms with Crippen LogP contribution in [0.4, 0.5) is 5.69 Å². The molecule has 1 aliphatic rings. The van der Waals surface area contributed by atoms with Gasteiger partial charge in [-0.1, -0.05) is 31.0 Å². The number of fused-ring (bicyclic) bond motifs is 1. The summed E-state index contributed by atoms with van der Waals surface area (Å²) in [6.07, 6.45) is 5.85. The van der Waals surface area contributed by atoms with Gasteiger partial charge in [0.05, 0.1) is 30.6 Å². The highest BCUT2D eigenvalue weighted by atomic mass is 32.2. The van der Waals surface area contributed by atoms with Gasteiger partial charge in [0, 0.05) is 24.9 Å². The van der Waals surface area contributed by atoms with Crippen molar-refractivity contribution in [3.05, 3.63) is 46.9 Å². The molecule has 8 heteroatoms. The van der Waals surface area contributed by atoms with Crippen LogP contribution in [0.3, 0.4) is 0 Å². The van der Waals surface area contributed by atoms with Gasteiger partial charge in [-0.3, -0.25) is 0 Å². The van der Waals surface area contributed by atoms with E-state index in [1.165, 1.54) is 38.8 Å². The van der Waals surface area contributed by atoms with Crippen LogP contribution in [0.25, 0.3) is 16.8 Å². The van der Waals surface area contributed by atoms with Crippen molar-refractivity contribution < 1.29 is 14.8 Å². The van der Waals surface area contributed by atoms with Crippen LogP contribution in [0.1, 0.15) is 31.2 Å². The molecule has 0 spiro atoms. The minimum Gasteiger partial charge on any atom is -0.592 e. The number of aliphatic hydroxyl groups excluding tert-OH is 2. The van der Waals surface area contributed by atoms with Crippen molar-refractivity contribution in [2.24, 2.45) is 0 Å². The van der Waals surface area contributed by atoms with E-state index in [0.717, 1.165) is 35.1 Å². The van der Waals surface area contributed by atoms with Crippen molar-refractivity contribution in [2.45, 2.75) is 31.8 Å². The van der Waals surface area contributed by atoms with Gasteiger partial charge in [-0.05, 0) is 60.5 Å². The first-order valence-electron chi connectivity index (χ1n) is 11.1. The van der Waals surface area contributed by atoms with Gasteiger partial charge in [0.25, 0.3) is 4.91 Å². The number of aliphatic hydroxyl groups is 2. The SMILES string of the molecule is N#C/C(=C\c1ccc2cc(NCCN3CCCCCC3)ccc2c1)[S+]([O-])NCC(O)CO. The number of anilines is 1. The smallest absolute Gasteiger partial charge is 0.250 e. The van der Waals surface area contributed by atoms with E-state index in [0.29, 0.717) is 0 Å². The Hall–Kier alpha value is -2.12. The highest BCUT2D eigenvalue weighted by molar-refractivity contribution is 7.93. The van der Waals surface area contributed by atoms with Crippen molar-refractivity contribution in [1.82, 2.24) is 9.62 Å². The van der Waals surface area contributed by atoms with Crippen LogP contribution in [0, 0.1) is 11.3 Å². The molecular formula is C24H32N4O3S. The maximum Gasteiger partial charge on any atom is 0.250 e. The third-order valence-electron chi connectivity index (χ3n) is 5.59. The number of allylic oxidation sites excluding steroid dienone is 1. The number of rotatable bonds is 10. The number of nitrogens with zero attached hydrogens (tertiary/aromatic N) is 2. The van der Waals surface area contributed by atoms with Crippen molar-refractivity contribution in [3.8, 4) is 6.07 Å². The van der Waals surface area contributed by atoms with E-state index >= 15 is 0 Å². The van der Waals surface area contributed by atoms with E-state index < -0.39 is 24.1 Å². The van der Waals surface area contributed by atoms with Gasteiger partial charge in [0.1, 0.15) is 0 Å². The number of likely N-dealkylation sites (tertiary alicyclic amines) is 1. The monoisotopic (exact) mass is 456 g/mol. The van der Waals surface area contributed by atoms with E-state index in [9.17, 15) is 14.9 Å². The summed E-state index contributed by atoms with van der Waals surface area (Å²) in [5.74, 6) is 0. The molecule has 0 bridgehead atoms. The largest absolute Gasteiger partial charge is 0.592 e. The minimum atomic E-state index is -1.76. The van der Waals surface area contributed by atoms with Gasteiger partial charge < -0.3 is 25.0 Å². The molecule has 0 aliphatic carbocycles. The summed E-state index contributed by atoms with van der Waals surface area (Å²) < 4.78 is 14.8. The summed E-state index contributed by atoms with van der Waals surface area (Å²) in [5.41, 5.74) is 1.86. The molecule has 7 nitrogen and oxygen atoms in total. The molecule has 2 aromatic rings. The highest BCUT2D eigenvalue weighted by Crippen LogP contribution is 2.22. The summed E-state index contributed by atoms with van der Waals surface area (Å²) in [7, 11) is 0. The van der Waals surface area contributed by atoms with Gasteiger partial charge in [-0.2, -0.15) is 5.26 Å². The Morgan fingerprint density at radius 1 is 1.16 bits per heavy atom. The highest BCUT2D eigenvalue weighted by Gasteiger charge is 2.17. The zero-order valence-corrected chi connectivity index (χ0v) is 19.1. The fourth-order valence-corrected chi connectivity index (χ4v) is 4.60. The van der Waals surface area contributed by atoms with Crippen LogP contribution < -0.4 is 10.0 Å². The van der Waals surface area contributed by atoms with E-state index in [-0.39, 0.29) is 11.4 Å². The molecule has 32 heavy (non-hydrogen) atoms. The van der Waals surface area contributed by atoms with Crippen LogP contribution >= 0.6 is 0 Å². The topological polar surface area (TPSA) is 115 Å². The van der Waals surface area contributed by atoms with Gasteiger partial charge in [0.2, 0.25) is 0 Å². The first-order chi connectivity index (χ1) is 15.6. The lowest BCUT2D eigenvalue weighted by Crippen LogP contribution is -2.34. The number of nitrogens with one attached hydrogen (secondary N) is 2. The first kappa shape index (κ1) is 24.5. The summed E-state index contributed by atoms with van der Waals surface area (Å²) in [6.45, 7) is 3.87. The van der Waals surface area contributed by atoms with Crippen molar-refractivity contribution >= 4 is 33.9 Å². The summed E-state index contributed by atoms with van der Waals surface area (Å²) in [4.78, 5) is 2.59. The lowest BCUT2D eigenvalue weighted by Gasteiger charge is -2.20. The molecule has 1 fully saturated rings. The van der Waals surface area contributed by atoms with Gasteiger partial charge in [-0.25, -0.2) is 0 Å². The quantitative estimate of drug-likeness (QED) is 0.321. The second-order valence-electron chi connectivity index (χ2n) is 8.08. The molecule has 1 heterocycles. The second-order valence-corrected chi connectivity index (χ2v) is 9.34. The Morgan fingerprint density at radius 3 is 2.59 bits per heavy atom. The third-order valence-corrected chi connectivity index (χ3v) is 6.63. The summed E-state index contributed by atoms with van der Waals surface area (Å²) >= 11 is -1.76. The molecule has 1 saturated heterocycles. The van der Waals surface area contributed by atoms with E-state index in [1.807, 2.05) is 30.3 Å². The van der Waals surface area contributed by atoms with Crippen LogP contribution in [-0.2, 0) is 11.4 Å². The van der Waals surface area contributed by atoms with Crippen LogP contribution in [0.2, 0.25) is 0 Å². The zero-order valence-electron chi connectivity index (χ0n) is 18.3. The van der Waals surface area contributed by atoms with Crippen molar-refractivity contribution in [2.75, 3.05) is 44.6 Å². The Labute approximate surface area is 193 Å². The first-order valence-corrected chi connectivity index (χ1v) is 12.3. The minimum absolute atomic E-state index is 0.0567. The molecule has 0 saturated carbocycles. The fraction of sp³-hybridized carbons (Fsp3) is 0.458. The van der Waals surface area contributed by atoms with E-state index in [1.54, 1.807) is 6.08 Å². The van der Waals surface area contributed by atoms with Crippen LogP contribution in [0.15, 0.2) is 41.3 Å². The van der Waals surface area contributed by atoms with Crippen molar-refractivity contribution in [3.63, 3.8) is 0 Å². The summed E-state index contributed by atoms with van der Waals surface area (Å²) in [5, 5.41) is 33.2. The number of benzene rings is 2. The molecule has 0 radical (unpaired) electrons. The molecule has 0 amide bonds. The average molecular weight is 457 g/mol. The average Bonchev–Trinajstić information content (AvgIpc) is 3.09. The molecule has 2 unspecified atom stereocenters. The molecular weight excluding hydrogens is 424 g/mol. The predicted molar refractivity (Wildman–Crippen MR) is 130 cm³/mol. The maximum absolute atomic E-state index is 12.2. The summed E-state index contributed by atoms with van der Waals surface area (Å²) in [6, 6.07) is 14.0. The Balaban J connectivity index is 1.60. The van der Waals surface area contributed by atoms with E-state index in [4.69, 9.17) is 5.11 Å². The van der Waals surface area contributed by atoms with Gasteiger partial charge >= 0.3 is 0 Å². The zero-order chi connectivity index (χ0) is 22.8. The lowest BCUT2D eigenvalue weighted by atomic mass is 10.1. The van der Waals surface area contributed by atoms with Crippen molar-refractivity contribution in [1.29, 1.82) is 5.26 Å². The second kappa shape index (κ2) is 12.8. The number of hydrogen-bond donors (Lipinski definition) is 4. The Kier molecular flexibility index (Phi) is 9.81. The molecule has 4 N–H and O–H groups in total. The Bertz CT molecular complexity index is 938. The Morgan fingerprint density at radius 2 is 1.88 bits per heavy atom. The predicted octanol–water partition coefficient (Wildman–Crippen LogP) is 2.60. The van der Waals surface area contributed by atoms with Crippen LogP contribution in [0.5, 0.6) is 0 Å². The number of nitriles is 1.